The Labute approximate surface area is 329 Å². The third-order valence-electron chi connectivity index (χ3n) is 11.0. The molecule has 2 saturated heterocycles. The minimum Gasteiger partial charge on any atom is -0.453 e. The average molecular weight is 770 g/mol. The molecule has 56 heavy (non-hydrogen) atoms. The van der Waals surface area contributed by atoms with Crippen LogP contribution in [-0.4, -0.2) is 121 Å². The number of nitrogens with one attached hydrogen (secondary N) is 3. The van der Waals surface area contributed by atoms with Gasteiger partial charge >= 0.3 is 12.2 Å². The summed E-state index contributed by atoms with van der Waals surface area (Å²) in [6.07, 6.45) is 3.41. The number of methoxy groups -OCH3 is 2. The van der Waals surface area contributed by atoms with Crippen molar-refractivity contribution in [1.82, 2.24) is 30.4 Å². The molecule has 1 unspecified atom stereocenters. The van der Waals surface area contributed by atoms with Gasteiger partial charge in [0, 0.05) is 43.5 Å². The maximum Gasteiger partial charge on any atom is 0.407 e. The Morgan fingerprint density at radius 3 is 2.00 bits per heavy atom. The van der Waals surface area contributed by atoms with E-state index in [1.807, 2.05) is 20.0 Å². The van der Waals surface area contributed by atoms with Crippen molar-refractivity contribution in [3.63, 3.8) is 0 Å². The van der Waals surface area contributed by atoms with Crippen molar-refractivity contribution >= 4 is 29.4 Å². The highest BCUT2D eigenvalue weighted by Gasteiger charge is 2.38. The third kappa shape index (κ3) is 9.14. The lowest BCUT2D eigenvalue weighted by atomic mass is 9.92. The van der Waals surface area contributed by atoms with E-state index in [1.165, 1.54) is 14.2 Å². The number of allylic oxidation sites excluding steroid dienone is 1. The van der Waals surface area contributed by atoms with Gasteiger partial charge in [0.25, 0.3) is 0 Å². The number of ether oxygens (including phenoxy) is 4. The Morgan fingerprint density at radius 2 is 1.38 bits per heavy atom. The van der Waals surface area contributed by atoms with Crippen molar-refractivity contribution in [3.05, 3.63) is 72.3 Å². The largest absolute Gasteiger partial charge is 0.453 e. The van der Waals surface area contributed by atoms with E-state index in [0.717, 1.165) is 52.2 Å². The summed E-state index contributed by atoms with van der Waals surface area (Å²) >= 11 is 0. The fraction of sp³-hybridized carbons (Fsp3) is 0.500. The summed E-state index contributed by atoms with van der Waals surface area (Å²) in [6.45, 7) is 13.2. The standard InChI is InChI=1S/C42H55N7O7/c1-25(2)37(46-41(51)53-6)27(5)48-16-18-55-23-35(48)33-20-32(21-43-33)30-10-8-28(9-11-30)29-12-14-31(15-13-29)34-22-44-39(45-34)36-24-56-19-17-49(36)40(50)38(26(3)4)47-42(52)54-7/h8-15,21-22,25-27,35-38H,16-20,23-24H2,1-7H3,(H,44,45)(H,46,51)(H,47,52)/t27?,35-,36-,37-,38-/m0/s1. The Morgan fingerprint density at radius 1 is 0.786 bits per heavy atom. The number of alkyl carbamates (subject to hydrolysis) is 2. The van der Waals surface area contributed by atoms with Gasteiger partial charge in [0.05, 0.1) is 58.6 Å². The Bertz CT molecular complexity index is 1890. The molecule has 2 aromatic carbocycles. The SMILES string of the molecule is COC(=O)N[C@@H](C(C)C)C(C)N1CCOC[C@H]1C1=NC=C(c2ccc(-c3ccc(-c4cnc([C@@H]5COCCN5C(=O)[C@@H](NC(=O)OC)C(C)C)[nH]4)cc3)cc2)C1. The second-order valence-electron chi connectivity index (χ2n) is 15.2. The maximum atomic E-state index is 13.6. The normalized spacial score (nSPS) is 20.6. The Balaban J connectivity index is 1.09. The lowest BCUT2D eigenvalue weighted by molar-refractivity contribution is -0.143. The second kappa shape index (κ2) is 18.3. The summed E-state index contributed by atoms with van der Waals surface area (Å²) in [7, 11) is 2.67. The predicted octanol–water partition coefficient (Wildman–Crippen LogP) is 5.68. The van der Waals surface area contributed by atoms with Crippen molar-refractivity contribution in [2.24, 2.45) is 16.8 Å². The topological polar surface area (TPSA) is 160 Å². The first-order valence-electron chi connectivity index (χ1n) is 19.4. The molecule has 300 valence electrons. The summed E-state index contributed by atoms with van der Waals surface area (Å²) in [5.41, 5.74) is 7.31. The molecule has 3 aliphatic heterocycles. The first-order valence-corrected chi connectivity index (χ1v) is 19.4. The molecule has 2 fully saturated rings. The number of nitrogens with zero attached hydrogens (tertiary/aromatic N) is 4. The maximum absolute atomic E-state index is 13.6. The number of carbonyl (C=O) groups is 3. The summed E-state index contributed by atoms with van der Waals surface area (Å²) in [5, 5.41) is 5.72. The van der Waals surface area contributed by atoms with Gasteiger partial charge in [-0.25, -0.2) is 14.6 Å². The highest BCUT2D eigenvalue weighted by Crippen LogP contribution is 2.32. The van der Waals surface area contributed by atoms with Gasteiger partial charge in [-0.3, -0.25) is 14.7 Å². The molecule has 6 rings (SSSR count). The zero-order valence-corrected chi connectivity index (χ0v) is 33.4. The van der Waals surface area contributed by atoms with E-state index in [4.69, 9.17) is 23.9 Å². The smallest absolute Gasteiger partial charge is 0.407 e. The molecule has 14 nitrogen and oxygen atoms in total. The molecule has 0 spiro atoms. The Hall–Kier alpha value is -5.05. The lowest BCUT2D eigenvalue weighted by Gasteiger charge is -2.43. The Kier molecular flexibility index (Phi) is 13.2. The van der Waals surface area contributed by atoms with Crippen LogP contribution in [0.15, 0.2) is 65.9 Å². The lowest BCUT2D eigenvalue weighted by Crippen LogP contribution is -2.60. The van der Waals surface area contributed by atoms with E-state index < -0.39 is 24.3 Å². The van der Waals surface area contributed by atoms with Gasteiger partial charge in [-0.2, -0.15) is 0 Å². The molecule has 3 aliphatic rings. The number of amides is 3. The molecule has 3 amide bonds. The van der Waals surface area contributed by atoms with Gasteiger partial charge in [0.2, 0.25) is 5.91 Å². The highest BCUT2D eigenvalue weighted by molar-refractivity contribution is 6.01. The van der Waals surface area contributed by atoms with Crippen molar-refractivity contribution in [1.29, 1.82) is 0 Å². The fourth-order valence-corrected chi connectivity index (χ4v) is 7.81. The number of rotatable bonds is 12. The quantitative estimate of drug-likeness (QED) is 0.211. The number of aliphatic imine (C=N–C) groups is 1. The van der Waals surface area contributed by atoms with E-state index in [0.29, 0.717) is 38.8 Å². The molecule has 3 aromatic rings. The van der Waals surface area contributed by atoms with Crippen molar-refractivity contribution < 1.29 is 33.3 Å². The van der Waals surface area contributed by atoms with Crippen LogP contribution in [0.2, 0.25) is 0 Å². The number of aromatic amines is 1. The van der Waals surface area contributed by atoms with Gasteiger partial charge in [-0.1, -0.05) is 76.2 Å². The molecular weight excluding hydrogens is 715 g/mol. The molecular formula is C42H55N7O7. The van der Waals surface area contributed by atoms with E-state index >= 15 is 0 Å². The molecule has 0 aliphatic carbocycles. The third-order valence-corrected chi connectivity index (χ3v) is 11.0. The minimum absolute atomic E-state index is 0.0157. The summed E-state index contributed by atoms with van der Waals surface area (Å²) in [5.74, 6) is 0.495. The van der Waals surface area contributed by atoms with Crippen LogP contribution in [0.4, 0.5) is 9.59 Å². The van der Waals surface area contributed by atoms with Crippen LogP contribution in [0.25, 0.3) is 28.0 Å². The van der Waals surface area contributed by atoms with Crippen molar-refractivity contribution in [2.45, 2.75) is 71.2 Å². The number of morpholine rings is 2. The molecule has 0 radical (unpaired) electrons. The van der Waals surface area contributed by atoms with Crippen LogP contribution in [0, 0.1) is 11.8 Å². The van der Waals surface area contributed by atoms with E-state index in [9.17, 15) is 14.4 Å². The number of imidazole rings is 1. The number of benzene rings is 2. The molecule has 0 bridgehead atoms. The second-order valence-corrected chi connectivity index (χ2v) is 15.2. The summed E-state index contributed by atoms with van der Waals surface area (Å²) in [6, 6.07) is 15.7. The monoisotopic (exact) mass is 769 g/mol. The summed E-state index contributed by atoms with van der Waals surface area (Å²) in [4.78, 5) is 54.8. The molecule has 3 N–H and O–H groups in total. The molecule has 0 saturated carbocycles. The van der Waals surface area contributed by atoms with Crippen LogP contribution < -0.4 is 10.6 Å². The highest BCUT2D eigenvalue weighted by atomic mass is 16.5. The molecule has 14 heteroatoms. The number of hydrogen-bond donors (Lipinski definition) is 3. The fourth-order valence-electron chi connectivity index (χ4n) is 7.81. The van der Waals surface area contributed by atoms with Crippen LogP contribution in [0.1, 0.15) is 58.5 Å². The van der Waals surface area contributed by atoms with Crippen LogP contribution in [0.3, 0.4) is 0 Å². The number of aromatic nitrogens is 2. The van der Waals surface area contributed by atoms with Crippen LogP contribution >= 0.6 is 0 Å². The van der Waals surface area contributed by atoms with Crippen molar-refractivity contribution in [3.8, 4) is 22.4 Å². The van der Waals surface area contributed by atoms with Gasteiger partial charge in [0.1, 0.15) is 17.9 Å². The van der Waals surface area contributed by atoms with E-state index in [-0.39, 0.29) is 35.9 Å². The van der Waals surface area contributed by atoms with Gasteiger partial charge in [0.15, 0.2) is 0 Å². The van der Waals surface area contributed by atoms with Gasteiger partial charge in [-0.05, 0) is 46.6 Å². The molecule has 1 aromatic heterocycles. The van der Waals surface area contributed by atoms with Crippen LogP contribution in [0.5, 0.6) is 0 Å². The predicted molar refractivity (Wildman–Crippen MR) is 214 cm³/mol. The van der Waals surface area contributed by atoms with E-state index in [1.54, 1.807) is 11.1 Å². The average Bonchev–Trinajstić information content (AvgIpc) is 3.93. The number of hydrogen-bond acceptors (Lipinski definition) is 10. The molecule has 5 atom stereocenters. The number of H-pyrrole nitrogens is 1. The number of carbonyl (C=O) groups excluding carboxylic acids is 3. The first kappa shape index (κ1) is 40.6. The molecule has 4 heterocycles. The van der Waals surface area contributed by atoms with Crippen LogP contribution in [-0.2, 0) is 23.7 Å². The zero-order chi connectivity index (χ0) is 39.9. The minimum atomic E-state index is -0.738. The van der Waals surface area contributed by atoms with Gasteiger partial charge < -0.3 is 39.5 Å². The van der Waals surface area contributed by atoms with E-state index in [2.05, 4.69) is 94.8 Å². The summed E-state index contributed by atoms with van der Waals surface area (Å²) < 4.78 is 21.4. The first-order chi connectivity index (χ1) is 27.0. The van der Waals surface area contributed by atoms with Crippen molar-refractivity contribution in [2.75, 3.05) is 53.7 Å². The zero-order valence-electron chi connectivity index (χ0n) is 33.4. The van der Waals surface area contributed by atoms with Gasteiger partial charge in [-0.15, -0.1) is 0 Å².